The summed E-state index contributed by atoms with van der Waals surface area (Å²) in [6, 6.07) is 7.94. The Morgan fingerprint density at radius 2 is 1.94 bits per heavy atom. The second-order valence-corrected chi connectivity index (χ2v) is 4.59. The highest BCUT2D eigenvalue weighted by Crippen LogP contribution is 2.14. The van der Waals surface area contributed by atoms with E-state index in [2.05, 4.69) is 4.90 Å². The smallest absolute Gasteiger partial charge is 0.118 e. The number of likely N-dealkylation sites (N-methyl/N-ethyl adjacent to an activating group) is 1. The van der Waals surface area contributed by atoms with Crippen LogP contribution in [0.5, 0.6) is 5.75 Å². The normalized spacial score (nSPS) is 14.6. The molecule has 4 heteroatoms. The quantitative estimate of drug-likeness (QED) is 0.766. The predicted molar refractivity (Wildman–Crippen MR) is 73.6 cm³/mol. The van der Waals surface area contributed by atoms with Crippen LogP contribution in [0.1, 0.15) is 18.9 Å². The van der Waals surface area contributed by atoms with Crippen LogP contribution in [0.3, 0.4) is 0 Å². The van der Waals surface area contributed by atoms with E-state index in [0.29, 0.717) is 0 Å². The van der Waals surface area contributed by atoms with Gasteiger partial charge in [-0.15, -0.1) is 0 Å². The number of rotatable bonds is 7. The molecule has 0 aromatic heterocycles. The molecular formula is C14H24N2O2. The van der Waals surface area contributed by atoms with Crippen molar-refractivity contribution in [2.75, 3.05) is 20.8 Å². The highest BCUT2D eigenvalue weighted by Gasteiger charge is 2.20. The first-order valence-electron chi connectivity index (χ1n) is 6.32. The number of hydrogen-bond donors (Lipinski definition) is 2. The van der Waals surface area contributed by atoms with Gasteiger partial charge in [0.05, 0.1) is 13.7 Å². The number of methoxy groups -OCH3 is 1. The second-order valence-electron chi connectivity index (χ2n) is 4.59. The van der Waals surface area contributed by atoms with Crippen LogP contribution in [-0.4, -0.2) is 42.9 Å². The number of nitrogens with two attached hydrogens (primary N) is 1. The van der Waals surface area contributed by atoms with Crippen LogP contribution >= 0.6 is 0 Å². The summed E-state index contributed by atoms with van der Waals surface area (Å²) in [4.78, 5) is 2.09. The van der Waals surface area contributed by atoms with Gasteiger partial charge in [-0.1, -0.05) is 19.1 Å². The summed E-state index contributed by atoms with van der Waals surface area (Å²) in [5.74, 6) is 0.852. The molecule has 2 unspecified atom stereocenters. The molecule has 0 saturated carbocycles. The van der Waals surface area contributed by atoms with Crippen molar-refractivity contribution in [3.63, 3.8) is 0 Å². The fourth-order valence-corrected chi connectivity index (χ4v) is 2.01. The SMILES string of the molecule is CCC(N)C(CO)N(C)Cc1ccc(OC)cc1. The molecule has 0 heterocycles. The standard InChI is InChI=1S/C14H24N2O2/c1-4-13(15)14(10-17)16(2)9-11-5-7-12(18-3)8-6-11/h5-8,13-14,17H,4,9-10,15H2,1-3H3. The minimum atomic E-state index is -0.00268. The third-order valence-corrected chi connectivity index (χ3v) is 3.31. The van der Waals surface area contributed by atoms with E-state index in [-0.39, 0.29) is 18.7 Å². The highest BCUT2D eigenvalue weighted by molar-refractivity contribution is 5.27. The Morgan fingerprint density at radius 3 is 2.39 bits per heavy atom. The van der Waals surface area contributed by atoms with Gasteiger partial charge in [0.15, 0.2) is 0 Å². The Morgan fingerprint density at radius 1 is 1.33 bits per heavy atom. The molecule has 102 valence electrons. The fourth-order valence-electron chi connectivity index (χ4n) is 2.01. The van der Waals surface area contributed by atoms with Crippen molar-refractivity contribution in [3.05, 3.63) is 29.8 Å². The average molecular weight is 252 g/mol. The number of hydrogen-bond acceptors (Lipinski definition) is 4. The maximum atomic E-state index is 9.42. The molecule has 3 N–H and O–H groups in total. The van der Waals surface area contributed by atoms with Crippen LogP contribution in [-0.2, 0) is 6.54 Å². The lowest BCUT2D eigenvalue weighted by Crippen LogP contribution is -2.47. The monoisotopic (exact) mass is 252 g/mol. The molecule has 0 aliphatic heterocycles. The van der Waals surface area contributed by atoms with Gasteiger partial charge in [-0.2, -0.15) is 0 Å². The Labute approximate surface area is 109 Å². The van der Waals surface area contributed by atoms with Gasteiger partial charge in [0, 0.05) is 18.6 Å². The van der Waals surface area contributed by atoms with Crippen LogP contribution < -0.4 is 10.5 Å². The van der Waals surface area contributed by atoms with Crippen LogP contribution in [0.25, 0.3) is 0 Å². The third kappa shape index (κ3) is 3.98. The van der Waals surface area contributed by atoms with E-state index >= 15 is 0 Å². The zero-order chi connectivity index (χ0) is 13.5. The van der Waals surface area contributed by atoms with E-state index in [4.69, 9.17) is 10.5 Å². The molecule has 18 heavy (non-hydrogen) atoms. The van der Waals surface area contributed by atoms with Gasteiger partial charge in [-0.05, 0) is 31.2 Å². The lowest BCUT2D eigenvalue weighted by molar-refractivity contribution is 0.120. The maximum absolute atomic E-state index is 9.42. The summed E-state index contributed by atoms with van der Waals surface area (Å²) < 4.78 is 5.12. The number of aliphatic hydroxyl groups is 1. The summed E-state index contributed by atoms with van der Waals surface area (Å²) in [5, 5.41) is 9.42. The van der Waals surface area contributed by atoms with E-state index in [1.807, 2.05) is 38.2 Å². The van der Waals surface area contributed by atoms with Crippen molar-refractivity contribution in [1.29, 1.82) is 0 Å². The van der Waals surface area contributed by atoms with Crippen LogP contribution in [0.4, 0.5) is 0 Å². The topological polar surface area (TPSA) is 58.7 Å². The first kappa shape index (κ1) is 15.0. The molecule has 0 spiro atoms. The molecule has 0 bridgehead atoms. The minimum Gasteiger partial charge on any atom is -0.497 e. The minimum absolute atomic E-state index is 0.00162. The molecule has 4 nitrogen and oxygen atoms in total. The maximum Gasteiger partial charge on any atom is 0.118 e. The van der Waals surface area contributed by atoms with Crippen LogP contribution in [0.15, 0.2) is 24.3 Å². The molecular weight excluding hydrogens is 228 g/mol. The van der Waals surface area contributed by atoms with E-state index in [1.54, 1.807) is 7.11 Å². The predicted octanol–water partition coefficient (Wildman–Crippen LogP) is 1.23. The third-order valence-electron chi connectivity index (χ3n) is 3.31. The molecule has 0 fully saturated rings. The van der Waals surface area contributed by atoms with Crippen molar-refractivity contribution in [1.82, 2.24) is 4.90 Å². The van der Waals surface area contributed by atoms with Gasteiger partial charge in [-0.25, -0.2) is 0 Å². The van der Waals surface area contributed by atoms with Crippen molar-refractivity contribution < 1.29 is 9.84 Å². The molecule has 1 aromatic carbocycles. The zero-order valence-corrected chi connectivity index (χ0v) is 11.5. The molecule has 0 radical (unpaired) electrons. The Hall–Kier alpha value is -1.10. The van der Waals surface area contributed by atoms with E-state index < -0.39 is 0 Å². The van der Waals surface area contributed by atoms with Gasteiger partial charge in [0.2, 0.25) is 0 Å². The zero-order valence-electron chi connectivity index (χ0n) is 11.5. The van der Waals surface area contributed by atoms with Crippen molar-refractivity contribution in [3.8, 4) is 5.75 Å². The van der Waals surface area contributed by atoms with Gasteiger partial charge in [-0.3, -0.25) is 4.90 Å². The van der Waals surface area contributed by atoms with Crippen molar-refractivity contribution in [2.45, 2.75) is 32.0 Å². The molecule has 1 aromatic rings. The molecule has 1 rings (SSSR count). The molecule has 0 aliphatic carbocycles. The van der Waals surface area contributed by atoms with Gasteiger partial charge in [0.1, 0.15) is 5.75 Å². The van der Waals surface area contributed by atoms with Gasteiger partial charge >= 0.3 is 0 Å². The van der Waals surface area contributed by atoms with E-state index in [0.717, 1.165) is 18.7 Å². The molecule has 2 atom stereocenters. The summed E-state index contributed by atoms with van der Waals surface area (Å²) in [7, 11) is 3.64. The summed E-state index contributed by atoms with van der Waals surface area (Å²) >= 11 is 0. The number of nitrogens with zero attached hydrogens (tertiary/aromatic N) is 1. The Balaban J connectivity index is 2.64. The van der Waals surface area contributed by atoms with Crippen LogP contribution in [0.2, 0.25) is 0 Å². The Kier molecular flexibility index (Phi) is 6.12. The Bertz CT molecular complexity index is 340. The summed E-state index contributed by atoms with van der Waals surface area (Å²) in [6.07, 6.45) is 0.859. The largest absolute Gasteiger partial charge is 0.497 e. The van der Waals surface area contributed by atoms with Crippen molar-refractivity contribution in [2.24, 2.45) is 5.73 Å². The first-order valence-corrected chi connectivity index (χ1v) is 6.32. The molecule has 0 amide bonds. The van der Waals surface area contributed by atoms with Crippen molar-refractivity contribution >= 4 is 0 Å². The molecule has 0 aliphatic rings. The van der Waals surface area contributed by atoms with E-state index in [1.165, 1.54) is 5.56 Å². The second kappa shape index (κ2) is 7.36. The highest BCUT2D eigenvalue weighted by atomic mass is 16.5. The number of aliphatic hydroxyl groups excluding tert-OH is 1. The van der Waals surface area contributed by atoms with Gasteiger partial charge < -0.3 is 15.6 Å². The lowest BCUT2D eigenvalue weighted by Gasteiger charge is -2.30. The summed E-state index contributed by atoms with van der Waals surface area (Å²) in [6.45, 7) is 2.89. The average Bonchev–Trinajstić information content (AvgIpc) is 2.40. The van der Waals surface area contributed by atoms with Crippen LogP contribution in [0, 0.1) is 0 Å². The molecule has 0 saturated heterocycles. The fraction of sp³-hybridized carbons (Fsp3) is 0.571. The van der Waals surface area contributed by atoms with E-state index in [9.17, 15) is 5.11 Å². The first-order chi connectivity index (χ1) is 8.62. The summed E-state index contributed by atoms with van der Waals surface area (Å²) in [5.41, 5.74) is 7.19. The lowest BCUT2D eigenvalue weighted by atomic mass is 10.1. The van der Waals surface area contributed by atoms with Gasteiger partial charge in [0.25, 0.3) is 0 Å². The number of ether oxygens (including phenoxy) is 1. The number of benzene rings is 1.